The lowest BCUT2D eigenvalue weighted by molar-refractivity contribution is 0.668. The molecule has 56 heavy (non-hydrogen) atoms. The summed E-state index contributed by atoms with van der Waals surface area (Å²) in [5.41, 5.74) is 14.6. The molecule has 0 saturated carbocycles. The van der Waals surface area contributed by atoms with Crippen molar-refractivity contribution in [3.05, 3.63) is 157 Å². The number of furan rings is 2. The highest BCUT2D eigenvalue weighted by Gasteiger charge is 2.24. The van der Waals surface area contributed by atoms with Gasteiger partial charge >= 0.3 is 0 Å². The third kappa shape index (κ3) is 3.88. The first kappa shape index (κ1) is 30.3. The van der Waals surface area contributed by atoms with Crippen LogP contribution in [0.3, 0.4) is 0 Å². The molecular formula is C52H34N2O2. The van der Waals surface area contributed by atoms with Gasteiger partial charge in [0, 0.05) is 54.0 Å². The Morgan fingerprint density at radius 2 is 1.20 bits per heavy atom. The van der Waals surface area contributed by atoms with Gasteiger partial charge in [-0.15, -0.1) is 0 Å². The minimum atomic E-state index is 0.899. The van der Waals surface area contributed by atoms with E-state index in [4.69, 9.17) is 8.83 Å². The fourth-order valence-corrected chi connectivity index (χ4v) is 10.0. The van der Waals surface area contributed by atoms with Crippen LogP contribution < -0.4 is 0 Å². The lowest BCUT2D eigenvalue weighted by atomic mass is 9.99. The molecule has 0 aliphatic heterocycles. The zero-order valence-electron chi connectivity index (χ0n) is 30.8. The summed E-state index contributed by atoms with van der Waals surface area (Å²) in [7, 11) is 0. The van der Waals surface area contributed by atoms with Crippen LogP contribution in [0.15, 0.2) is 160 Å². The van der Waals surface area contributed by atoms with Crippen LogP contribution in [0.25, 0.3) is 121 Å². The molecule has 8 aromatic carbocycles. The van der Waals surface area contributed by atoms with Crippen molar-refractivity contribution in [2.75, 3.05) is 0 Å². The van der Waals surface area contributed by atoms with E-state index >= 15 is 0 Å². The zero-order valence-corrected chi connectivity index (χ0v) is 30.8. The average molecular weight is 719 g/mol. The molecule has 4 heteroatoms. The molecule has 0 radical (unpaired) electrons. The van der Waals surface area contributed by atoms with Gasteiger partial charge in [-0.1, -0.05) is 104 Å². The summed E-state index contributed by atoms with van der Waals surface area (Å²) in [5, 5.41) is 12.2. The van der Waals surface area contributed by atoms with Crippen molar-refractivity contribution in [1.82, 2.24) is 8.97 Å². The molecule has 0 unspecified atom stereocenters. The number of benzene rings is 8. The number of aryl methyl sites for hydroxylation is 1. The van der Waals surface area contributed by atoms with E-state index in [1.807, 2.05) is 6.07 Å². The highest BCUT2D eigenvalue weighted by molar-refractivity contribution is 6.33. The third-order valence-electron chi connectivity index (χ3n) is 12.4. The van der Waals surface area contributed by atoms with Crippen molar-refractivity contribution in [3.63, 3.8) is 0 Å². The molecule has 4 nitrogen and oxygen atoms in total. The first-order valence-electron chi connectivity index (χ1n) is 19.7. The number of hydrogen-bond acceptors (Lipinski definition) is 2. The first-order valence-corrected chi connectivity index (χ1v) is 19.7. The van der Waals surface area contributed by atoms with Crippen molar-refractivity contribution in [2.24, 2.45) is 0 Å². The van der Waals surface area contributed by atoms with Crippen molar-refractivity contribution in [2.45, 2.75) is 26.2 Å². The fourth-order valence-electron chi connectivity index (χ4n) is 10.0. The molecule has 13 rings (SSSR count). The Balaban J connectivity index is 1.06. The number of para-hydroxylation sites is 4. The molecule has 0 N–H and O–H groups in total. The smallest absolute Gasteiger partial charge is 0.143 e. The highest BCUT2D eigenvalue weighted by Crippen LogP contribution is 2.47. The second-order valence-corrected chi connectivity index (χ2v) is 15.4. The lowest BCUT2D eigenvalue weighted by Gasteiger charge is -2.10. The van der Waals surface area contributed by atoms with Crippen LogP contribution in [0.1, 0.15) is 25.3 Å². The van der Waals surface area contributed by atoms with Crippen LogP contribution >= 0.6 is 0 Å². The summed E-state index contributed by atoms with van der Waals surface area (Å²) in [4.78, 5) is 0. The third-order valence-corrected chi connectivity index (χ3v) is 12.4. The monoisotopic (exact) mass is 718 g/mol. The SMILES string of the molecule is CCCCc1ccc2oc3c(-c4ccc5c(c4)c4cccc6c7c8c9ccccc9n(-c9cccc%10oc%11ccccc%11c9%10)c8ccc7n5c46)cccc3c2c1. The quantitative estimate of drug-likeness (QED) is 0.178. The van der Waals surface area contributed by atoms with E-state index in [1.165, 1.54) is 89.1 Å². The Morgan fingerprint density at radius 1 is 0.464 bits per heavy atom. The average Bonchev–Trinajstić information content (AvgIpc) is 4.05. The fraction of sp³-hybridized carbons (Fsp3) is 0.0769. The molecule has 0 spiro atoms. The second kappa shape index (κ2) is 11.0. The first-order chi connectivity index (χ1) is 27.7. The van der Waals surface area contributed by atoms with Crippen LogP contribution in [-0.2, 0) is 6.42 Å². The van der Waals surface area contributed by atoms with Crippen molar-refractivity contribution in [1.29, 1.82) is 0 Å². The van der Waals surface area contributed by atoms with Crippen LogP contribution in [0, 0.1) is 0 Å². The number of fused-ring (bicyclic) bond motifs is 16. The maximum absolute atomic E-state index is 6.62. The summed E-state index contributed by atoms with van der Waals surface area (Å²) < 4.78 is 17.9. The van der Waals surface area contributed by atoms with Gasteiger partial charge in [0.05, 0.1) is 38.7 Å². The minimum Gasteiger partial charge on any atom is -0.456 e. The van der Waals surface area contributed by atoms with Gasteiger partial charge in [-0.2, -0.15) is 0 Å². The molecule has 264 valence electrons. The molecule has 13 aromatic rings. The Hall–Kier alpha value is -7.04. The van der Waals surface area contributed by atoms with E-state index in [-0.39, 0.29) is 0 Å². The Kier molecular flexibility index (Phi) is 5.96. The van der Waals surface area contributed by atoms with Crippen molar-refractivity contribution in [3.8, 4) is 16.8 Å². The molecule has 0 amide bonds. The molecule has 0 bridgehead atoms. The van der Waals surface area contributed by atoms with Gasteiger partial charge in [-0.25, -0.2) is 0 Å². The maximum Gasteiger partial charge on any atom is 0.143 e. The molecule has 0 aliphatic rings. The molecule has 0 atom stereocenters. The van der Waals surface area contributed by atoms with E-state index in [2.05, 4.69) is 161 Å². The molecule has 5 aromatic heterocycles. The Labute approximate surface area is 320 Å². The van der Waals surface area contributed by atoms with Crippen LogP contribution in [0.5, 0.6) is 0 Å². The predicted molar refractivity (Wildman–Crippen MR) is 234 cm³/mol. The highest BCUT2D eigenvalue weighted by atomic mass is 16.3. The minimum absolute atomic E-state index is 0.899. The molecule has 0 aliphatic carbocycles. The number of aromatic nitrogens is 2. The van der Waals surface area contributed by atoms with Gasteiger partial charge in [-0.3, -0.25) is 0 Å². The zero-order chi connectivity index (χ0) is 36.6. The maximum atomic E-state index is 6.62. The second-order valence-electron chi connectivity index (χ2n) is 15.4. The van der Waals surface area contributed by atoms with Crippen LogP contribution in [0.2, 0.25) is 0 Å². The van der Waals surface area contributed by atoms with Gasteiger partial charge in [0.15, 0.2) is 0 Å². The van der Waals surface area contributed by atoms with Crippen molar-refractivity contribution < 1.29 is 8.83 Å². The summed E-state index contributed by atoms with van der Waals surface area (Å²) in [6, 6.07) is 55.4. The van der Waals surface area contributed by atoms with Gasteiger partial charge in [0.2, 0.25) is 0 Å². The molecule has 0 fully saturated rings. The Morgan fingerprint density at radius 3 is 2.14 bits per heavy atom. The topological polar surface area (TPSA) is 35.6 Å². The van der Waals surface area contributed by atoms with E-state index in [9.17, 15) is 0 Å². The molecular weight excluding hydrogens is 685 g/mol. The molecule has 5 heterocycles. The van der Waals surface area contributed by atoms with Gasteiger partial charge in [-0.05, 0) is 84.6 Å². The van der Waals surface area contributed by atoms with E-state index in [0.717, 1.165) is 56.3 Å². The summed E-state index contributed by atoms with van der Waals surface area (Å²) in [6.45, 7) is 2.25. The summed E-state index contributed by atoms with van der Waals surface area (Å²) in [6.07, 6.45) is 3.48. The number of hydrogen-bond donors (Lipinski definition) is 0. The summed E-state index contributed by atoms with van der Waals surface area (Å²) >= 11 is 0. The standard InChI is InChI=1S/C52H34N2O2/c1-2-3-11-30-22-27-46-39(28-30)34-16-8-14-32(52(34)56-46)31-23-24-41-38(29-31)33-15-9-17-37-50-44(54(41)51(33)37)26-25-43-49(50)35-12-4-6-18-40(35)53(43)42-19-10-21-47-48(42)36-13-5-7-20-45(36)55-47/h4-10,12-29H,2-3,11H2,1H3. The number of unbranched alkanes of at least 4 members (excludes halogenated alkanes) is 1. The van der Waals surface area contributed by atoms with Crippen molar-refractivity contribution >= 4 is 104 Å². The van der Waals surface area contributed by atoms with Crippen LogP contribution in [-0.4, -0.2) is 8.97 Å². The number of rotatable bonds is 5. The lowest BCUT2D eigenvalue weighted by Crippen LogP contribution is -1.94. The Bertz CT molecular complexity index is 3760. The normalized spacial score (nSPS) is 12.6. The predicted octanol–water partition coefficient (Wildman–Crippen LogP) is 14.7. The van der Waals surface area contributed by atoms with Gasteiger partial charge in [0.25, 0.3) is 0 Å². The largest absolute Gasteiger partial charge is 0.456 e. The number of nitrogens with zero attached hydrogens (tertiary/aromatic N) is 2. The van der Waals surface area contributed by atoms with E-state index in [0.29, 0.717) is 0 Å². The van der Waals surface area contributed by atoms with Gasteiger partial charge < -0.3 is 17.8 Å². The van der Waals surface area contributed by atoms with Gasteiger partial charge in [0.1, 0.15) is 22.3 Å². The van der Waals surface area contributed by atoms with Crippen LogP contribution in [0.4, 0.5) is 0 Å². The molecule has 0 saturated heterocycles. The summed E-state index contributed by atoms with van der Waals surface area (Å²) in [5.74, 6) is 0. The van der Waals surface area contributed by atoms with E-state index < -0.39 is 0 Å². The van der Waals surface area contributed by atoms with E-state index in [1.54, 1.807) is 0 Å².